The van der Waals surface area contributed by atoms with Crippen LogP contribution in [0.3, 0.4) is 0 Å². The Labute approximate surface area is 224 Å². The van der Waals surface area contributed by atoms with Crippen molar-refractivity contribution < 1.29 is 24.6 Å². The lowest BCUT2D eigenvalue weighted by atomic mass is 9.94. The van der Waals surface area contributed by atoms with Crippen molar-refractivity contribution in [2.75, 3.05) is 13.1 Å². The summed E-state index contributed by atoms with van der Waals surface area (Å²) in [5.74, 6) is -1.71. The summed E-state index contributed by atoms with van der Waals surface area (Å²) in [5, 5.41) is 33.0. The molecule has 3 amide bonds. The maximum absolute atomic E-state index is 13.4. The van der Waals surface area contributed by atoms with E-state index in [1.165, 1.54) is 18.2 Å². The average molecular weight is 523 g/mol. The number of nitriles is 1. The third kappa shape index (κ3) is 8.98. The van der Waals surface area contributed by atoms with Gasteiger partial charge in [-0.2, -0.15) is 5.26 Å². The molecule has 9 heteroatoms. The number of nitrogens with one attached hydrogen (secondary N) is 1. The van der Waals surface area contributed by atoms with Crippen LogP contribution >= 0.6 is 0 Å². The normalized spacial score (nSPS) is 13.1. The summed E-state index contributed by atoms with van der Waals surface area (Å²) in [6, 6.07) is 14.4. The van der Waals surface area contributed by atoms with Gasteiger partial charge in [0, 0.05) is 36.2 Å². The van der Waals surface area contributed by atoms with Crippen LogP contribution in [0.4, 0.5) is 0 Å². The summed E-state index contributed by atoms with van der Waals surface area (Å²) >= 11 is 0. The number of aliphatic hydroxyl groups excluding tert-OH is 2. The molecule has 0 bridgehead atoms. The van der Waals surface area contributed by atoms with Crippen LogP contribution in [0, 0.1) is 11.3 Å². The Morgan fingerprint density at radius 1 is 1.00 bits per heavy atom. The molecular weight excluding hydrogens is 484 g/mol. The zero-order chi connectivity index (χ0) is 28.1. The quantitative estimate of drug-likeness (QED) is 0.264. The molecule has 0 radical (unpaired) electrons. The molecule has 2 aromatic carbocycles. The van der Waals surface area contributed by atoms with Gasteiger partial charge in [-0.05, 0) is 55.9 Å². The lowest BCUT2D eigenvalue weighted by Crippen LogP contribution is -2.50. The van der Waals surface area contributed by atoms with Crippen LogP contribution in [-0.2, 0) is 6.42 Å². The lowest BCUT2D eigenvalue weighted by Gasteiger charge is -2.28. The van der Waals surface area contributed by atoms with Crippen molar-refractivity contribution in [2.45, 2.75) is 70.6 Å². The molecule has 2 aromatic rings. The Morgan fingerprint density at radius 3 is 2.18 bits per heavy atom. The van der Waals surface area contributed by atoms with E-state index in [2.05, 4.69) is 5.32 Å². The van der Waals surface area contributed by atoms with Gasteiger partial charge in [0.05, 0.1) is 18.2 Å². The minimum Gasteiger partial charge on any atom is -0.390 e. The van der Waals surface area contributed by atoms with Crippen LogP contribution in [0.5, 0.6) is 0 Å². The molecule has 0 aromatic heterocycles. The molecule has 0 aliphatic rings. The van der Waals surface area contributed by atoms with Crippen molar-refractivity contribution in [2.24, 2.45) is 5.73 Å². The number of hydrogen-bond donors (Lipinski definition) is 4. The fourth-order valence-corrected chi connectivity index (χ4v) is 4.27. The van der Waals surface area contributed by atoms with E-state index in [0.717, 1.165) is 18.4 Å². The summed E-state index contributed by atoms with van der Waals surface area (Å²) in [7, 11) is 0. The maximum Gasteiger partial charge on any atom is 0.253 e. The topological polar surface area (TPSA) is 157 Å². The Bertz CT molecular complexity index is 1110. The Balaban J connectivity index is 2.37. The first kappa shape index (κ1) is 30.5. The Hall–Kier alpha value is -3.74. The second-order valence-electron chi connectivity index (χ2n) is 9.33. The number of carbonyl (C=O) groups is 3. The van der Waals surface area contributed by atoms with E-state index in [1.54, 1.807) is 4.90 Å². The third-order valence-corrected chi connectivity index (χ3v) is 6.21. The van der Waals surface area contributed by atoms with E-state index in [9.17, 15) is 24.6 Å². The van der Waals surface area contributed by atoms with Gasteiger partial charge >= 0.3 is 0 Å². The number of unbranched alkanes of at least 4 members (excludes halogenated alkanes) is 1. The molecule has 0 saturated carbocycles. The second-order valence-corrected chi connectivity index (χ2v) is 9.33. The monoisotopic (exact) mass is 522 g/mol. The molecule has 2 rings (SSSR count). The fraction of sp³-hybridized carbons (Fsp3) is 0.448. The van der Waals surface area contributed by atoms with Gasteiger partial charge in [0.25, 0.3) is 11.8 Å². The first-order valence-electron chi connectivity index (χ1n) is 13.0. The fourth-order valence-electron chi connectivity index (χ4n) is 4.27. The number of carbonyl (C=O) groups excluding carboxylic acids is 3. The summed E-state index contributed by atoms with van der Waals surface area (Å²) in [6.45, 7) is 4.98. The summed E-state index contributed by atoms with van der Waals surface area (Å²) in [5.41, 5.74) is 6.57. The highest BCUT2D eigenvalue weighted by molar-refractivity contribution is 6.04. The number of aliphatic hydroxyl groups is 2. The molecular formula is C29H38N4O5. The lowest BCUT2D eigenvalue weighted by molar-refractivity contribution is -0.00788. The van der Waals surface area contributed by atoms with E-state index >= 15 is 0 Å². The SMILES string of the molecule is CCCN(CCC)C(=O)c1cc(C(N)=O)cc(C(=O)NC(Cc2ccccc2)C(O)C(O)CCCC#N)c1. The molecule has 204 valence electrons. The smallest absolute Gasteiger partial charge is 0.253 e. The van der Waals surface area contributed by atoms with Crippen LogP contribution in [-0.4, -0.2) is 64.2 Å². The summed E-state index contributed by atoms with van der Waals surface area (Å²) in [6.07, 6.45) is 0.0872. The number of amides is 3. The molecule has 38 heavy (non-hydrogen) atoms. The molecule has 0 fully saturated rings. The number of benzene rings is 2. The van der Waals surface area contributed by atoms with Crippen molar-refractivity contribution in [1.82, 2.24) is 10.2 Å². The molecule has 0 aliphatic heterocycles. The summed E-state index contributed by atoms with van der Waals surface area (Å²) < 4.78 is 0. The van der Waals surface area contributed by atoms with Crippen LogP contribution in [0.25, 0.3) is 0 Å². The van der Waals surface area contributed by atoms with Gasteiger partial charge in [-0.15, -0.1) is 0 Å². The minimum absolute atomic E-state index is 0.0191. The van der Waals surface area contributed by atoms with Gasteiger partial charge in [0.1, 0.15) is 6.10 Å². The highest BCUT2D eigenvalue weighted by Crippen LogP contribution is 2.17. The van der Waals surface area contributed by atoms with Gasteiger partial charge in [0.2, 0.25) is 5.91 Å². The van der Waals surface area contributed by atoms with Crippen LogP contribution in [0.15, 0.2) is 48.5 Å². The number of hydrogen-bond acceptors (Lipinski definition) is 6. The number of nitrogens with two attached hydrogens (primary N) is 1. The van der Waals surface area contributed by atoms with Crippen molar-refractivity contribution in [1.29, 1.82) is 5.26 Å². The van der Waals surface area contributed by atoms with Crippen molar-refractivity contribution in [3.63, 3.8) is 0 Å². The maximum atomic E-state index is 13.4. The molecule has 0 spiro atoms. The molecule has 5 N–H and O–H groups in total. The van der Waals surface area contributed by atoms with Crippen LogP contribution in [0.2, 0.25) is 0 Å². The molecule has 9 nitrogen and oxygen atoms in total. The van der Waals surface area contributed by atoms with Crippen LogP contribution in [0.1, 0.15) is 82.6 Å². The minimum atomic E-state index is -1.32. The number of rotatable bonds is 15. The first-order chi connectivity index (χ1) is 18.2. The van der Waals surface area contributed by atoms with E-state index in [0.29, 0.717) is 19.5 Å². The van der Waals surface area contributed by atoms with Crippen molar-refractivity contribution in [3.05, 3.63) is 70.8 Å². The molecule has 0 aliphatic carbocycles. The zero-order valence-corrected chi connectivity index (χ0v) is 22.1. The highest BCUT2D eigenvalue weighted by Gasteiger charge is 2.29. The van der Waals surface area contributed by atoms with Gasteiger partial charge in [-0.25, -0.2) is 0 Å². The predicted molar refractivity (Wildman–Crippen MR) is 144 cm³/mol. The van der Waals surface area contributed by atoms with Crippen LogP contribution < -0.4 is 11.1 Å². The van der Waals surface area contributed by atoms with Crippen molar-refractivity contribution in [3.8, 4) is 6.07 Å². The van der Waals surface area contributed by atoms with Gasteiger partial charge in [-0.3, -0.25) is 14.4 Å². The molecule has 0 saturated heterocycles. The molecule has 0 heterocycles. The molecule has 3 unspecified atom stereocenters. The van der Waals surface area contributed by atoms with Gasteiger partial charge in [0.15, 0.2) is 0 Å². The van der Waals surface area contributed by atoms with Crippen molar-refractivity contribution >= 4 is 17.7 Å². The highest BCUT2D eigenvalue weighted by atomic mass is 16.3. The van der Waals surface area contributed by atoms with Gasteiger partial charge < -0.3 is 26.2 Å². The summed E-state index contributed by atoms with van der Waals surface area (Å²) in [4.78, 5) is 40.3. The van der Waals surface area contributed by atoms with E-state index < -0.39 is 30.1 Å². The zero-order valence-electron chi connectivity index (χ0n) is 22.1. The molecule has 3 atom stereocenters. The van der Waals surface area contributed by atoms with E-state index in [-0.39, 0.29) is 41.9 Å². The largest absolute Gasteiger partial charge is 0.390 e. The Kier molecular flexibility index (Phi) is 12.4. The van der Waals surface area contributed by atoms with Gasteiger partial charge in [-0.1, -0.05) is 44.2 Å². The average Bonchev–Trinajstić information content (AvgIpc) is 2.92. The van der Waals surface area contributed by atoms with E-state index in [4.69, 9.17) is 11.0 Å². The number of primary amides is 1. The Morgan fingerprint density at radius 2 is 1.61 bits per heavy atom. The second kappa shape index (κ2) is 15.5. The van der Waals surface area contributed by atoms with E-state index in [1.807, 2.05) is 50.2 Å². The predicted octanol–water partition coefficient (Wildman–Crippen LogP) is 2.80. The number of nitrogens with zero attached hydrogens (tertiary/aromatic N) is 2. The third-order valence-electron chi connectivity index (χ3n) is 6.21. The standard InChI is InChI=1S/C29H38N4O5/c1-3-14-33(15-4-2)29(38)23-18-21(27(31)36)17-22(19-23)28(37)32-24(16-20-10-6-5-7-11-20)26(35)25(34)12-8-9-13-30/h5-7,10-11,17-19,24-26,34-35H,3-4,8-9,12,14-16H2,1-2H3,(H2,31,36)(H,32,37). The first-order valence-corrected chi connectivity index (χ1v) is 13.0.